The molecule has 0 saturated heterocycles. The number of carbonyl (C=O) groups is 1. The van der Waals surface area contributed by atoms with Crippen molar-refractivity contribution in [3.63, 3.8) is 0 Å². The standard InChI is InChI=1S/C23H45N2O2/c1-4-5-6-7-8-9-10-11-12-13-14-15-16-17-19-22(23(26)24-27)20-18-21-25(2)3/h11-12,22H,4-10,13-21H2,1-3H3,(H-,24,26,27)/q-1. The maximum Gasteiger partial charge on any atom is 0.212 e. The van der Waals surface area contributed by atoms with Gasteiger partial charge in [-0.2, -0.15) is 0 Å². The zero-order valence-corrected chi connectivity index (χ0v) is 18.3. The molecule has 4 nitrogen and oxygen atoms in total. The smallest absolute Gasteiger partial charge is 0.212 e. The van der Waals surface area contributed by atoms with Crippen LogP contribution in [0.5, 0.6) is 0 Å². The first-order valence-electron chi connectivity index (χ1n) is 11.3. The third-order valence-electron chi connectivity index (χ3n) is 5.19. The average Bonchev–Trinajstić information content (AvgIpc) is 2.65. The van der Waals surface area contributed by atoms with Gasteiger partial charge in [0.1, 0.15) is 0 Å². The molecule has 160 valence electrons. The van der Waals surface area contributed by atoms with E-state index in [0.717, 1.165) is 38.6 Å². The molecule has 0 spiro atoms. The number of amides is 1. The summed E-state index contributed by atoms with van der Waals surface area (Å²) in [5.74, 6) is -0.439. The highest BCUT2D eigenvalue weighted by molar-refractivity contribution is 5.78. The molecule has 0 radical (unpaired) electrons. The average molecular weight is 382 g/mol. The van der Waals surface area contributed by atoms with E-state index in [1.165, 1.54) is 64.2 Å². The molecule has 1 atom stereocenters. The van der Waals surface area contributed by atoms with Gasteiger partial charge in [-0.3, -0.25) is 4.79 Å². The van der Waals surface area contributed by atoms with Gasteiger partial charge in [0.15, 0.2) is 0 Å². The van der Waals surface area contributed by atoms with Gasteiger partial charge in [-0.25, -0.2) is 0 Å². The Labute approximate surface area is 168 Å². The summed E-state index contributed by atoms with van der Waals surface area (Å²) in [6.07, 6.45) is 22.5. The maximum atomic E-state index is 11.7. The number of nitrogens with zero attached hydrogens (tertiary/aromatic N) is 1. The molecule has 0 aliphatic rings. The van der Waals surface area contributed by atoms with Gasteiger partial charge in [-0.1, -0.05) is 70.4 Å². The second-order valence-corrected chi connectivity index (χ2v) is 8.13. The van der Waals surface area contributed by atoms with Crippen LogP contribution in [0.3, 0.4) is 0 Å². The molecule has 0 aromatic rings. The first-order valence-corrected chi connectivity index (χ1v) is 11.3. The van der Waals surface area contributed by atoms with Gasteiger partial charge >= 0.3 is 0 Å². The predicted molar refractivity (Wildman–Crippen MR) is 118 cm³/mol. The van der Waals surface area contributed by atoms with E-state index in [-0.39, 0.29) is 11.8 Å². The van der Waals surface area contributed by atoms with E-state index in [1.54, 1.807) is 5.48 Å². The molecule has 0 aliphatic heterocycles. The van der Waals surface area contributed by atoms with Crippen molar-refractivity contribution in [1.29, 1.82) is 0 Å². The van der Waals surface area contributed by atoms with E-state index >= 15 is 0 Å². The minimum atomic E-state index is -0.327. The van der Waals surface area contributed by atoms with E-state index in [2.05, 4.69) is 24.0 Å². The fourth-order valence-corrected chi connectivity index (χ4v) is 3.43. The molecule has 1 amide bonds. The molecule has 4 heteroatoms. The van der Waals surface area contributed by atoms with E-state index in [0.29, 0.717) is 0 Å². The number of hydroxylamine groups is 1. The van der Waals surface area contributed by atoms with Crippen LogP contribution in [0.15, 0.2) is 12.2 Å². The van der Waals surface area contributed by atoms with E-state index in [9.17, 15) is 10.0 Å². The van der Waals surface area contributed by atoms with E-state index in [1.807, 2.05) is 14.1 Å². The van der Waals surface area contributed by atoms with Gasteiger partial charge in [0.25, 0.3) is 0 Å². The Morgan fingerprint density at radius 3 is 1.93 bits per heavy atom. The molecular formula is C23H45N2O2-. The number of hydrogen-bond acceptors (Lipinski definition) is 3. The topological polar surface area (TPSA) is 55.4 Å². The van der Waals surface area contributed by atoms with Crippen molar-refractivity contribution in [3.05, 3.63) is 17.4 Å². The predicted octanol–water partition coefficient (Wildman–Crippen LogP) is 6.21. The van der Waals surface area contributed by atoms with Crippen LogP contribution in [0.2, 0.25) is 0 Å². The van der Waals surface area contributed by atoms with Crippen LogP contribution in [0.1, 0.15) is 103 Å². The van der Waals surface area contributed by atoms with Crippen molar-refractivity contribution in [2.75, 3.05) is 20.6 Å². The quantitative estimate of drug-likeness (QED) is 0.164. The molecule has 1 unspecified atom stereocenters. The van der Waals surface area contributed by atoms with Crippen molar-refractivity contribution in [3.8, 4) is 0 Å². The van der Waals surface area contributed by atoms with Gasteiger partial charge in [-0.15, -0.1) is 0 Å². The van der Waals surface area contributed by atoms with Crippen LogP contribution in [-0.2, 0) is 4.79 Å². The molecule has 0 aromatic carbocycles. The number of rotatable bonds is 19. The molecule has 0 bridgehead atoms. The summed E-state index contributed by atoms with van der Waals surface area (Å²) in [5.41, 5.74) is 1.59. The summed E-state index contributed by atoms with van der Waals surface area (Å²) >= 11 is 0. The van der Waals surface area contributed by atoms with Crippen LogP contribution in [0, 0.1) is 11.1 Å². The Kier molecular flexibility index (Phi) is 19.2. The molecule has 0 aliphatic carbocycles. The van der Waals surface area contributed by atoms with E-state index < -0.39 is 0 Å². The van der Waals surface area contributed by atoms with Crippen LogP contribution < -0.4 is 5.48 Å². The minimum absolute atomic E-state index is 0.111. The zero-order valence-electron chi connectivity index (χ0n) is 18.3. The number of hydrogen-bond donors (Lipinski definition) is 1. The van der Waals surface area contributed by atoms with Gasteiger partial charge in [0.05, 0.1) is 0 Å². The lowest BCUT2D eigenvalue weighted by molar-refractivity contribution is -0.124. The Morgan fingerprint density at radius 2 is 1.37 bits per heavy atom. The lowest BCUT2D eigenvalue weighted by Gasteiger charge is -2.19. The van der Waals surface area contributed by atoms with Crippen LogP contribution in [0.25, 0.3) is 0 Å². The van der Waals surface area contributed by atoms with Crippen LogP contribution in [-0.4, -0.2) is 31.4 Å². The fourth-order valence-electron chi connectivity index (χ4n) is 3.43. The molecule has 0 saturated carbocycles. The van der Waals surface area contributed by atoms with Crippen molar-refractivity contribution in [2.24, 2.45) is 5.92 Å². The number of allylic oxidation sites excluding steroid dienone is 2. The van der Waals surface area contributed by atoms with Gasteiger partial charge in [0, 0.05) is 5.92 Å². The van der Waals surface area contributed by atoms with Crippen molar-refractivity contribution in [2.45, 2.75) is 103 Å². The van der Waals surface area contributed by atoms with Gasteiger partial charge in [-0.05, 0) is 65.6 Å². The summed E-state index contributed by atoms with van der Waals surface area (Å²) in [6.45, 7) is 3.23. The van der Waals surface area contributed by atoms with Crippen LogP contribution >= 0.6 is 0 Å². The number of nitrogens with one attached hydrogen (secondary N) is 1. The highest BCUT2D eigenvalue weighted by Gasteiger charge is 2.15. The van der Waals surface area contributed by atoms with Gasteiger partial charge < -0.3 is 15.6 Å². The second kappa shape index (κ2) is 19.9. The number of unbranched alkanes of at least 4 members (excludes halogenated alkanes) is 10. The SMILES string of the molecule is CCCCCCCCC=CCCCCCCC(CCCN(C)C)C(=O)N[O-]. The van der Waals surface area contributed by atoms with Crippen molar-refractivity contribution < 1.29 is 4.79 Å². The van der Waals surface area contributed by atoms with E-state index in [4.69, 9.17) is 0 Å². The molecule has 27 heavy (non-hydrogen) atoms. The van der Waals surface area contributed by atoms with Crippen molar-refractivity contribution in [1.82, 2.24) is 10.4 Å². The molecule has 1 N–H and O–H groups in total. The Hall–Kier alpha value is -0.870. The lowest BCUT2D eigenvalue weighted by Crippen LogP contribution is -2.27. The van der Waals surface area contributed by atoms with Crippen molar-refractivity contribution >= 4 is 5.91 Å². The zero-order chi connectivity index (χ0) is 20.2. The Balaban J connectivity index is 3.58. The molecule has 0 fully saturated rings. The monoisotopic (exact) mass is 381 g/mol. The molecular weight excluding hydrogens is 336 g/mol. The van der Waals surface area contributed by atoms with Crippen LogP contribution in [0.4, 0.5) is 0 Å². The summed E-state index contributed by atoms with van der Waals surface area (Å²) < 4.78 is 0. The Bertz CT molecular complexity index is 356. The summed E-state index contributed by atoms with van der Waals surface area (Å²) in [7, 11) is 4.06. The summed E-state index contributed by atoms with van der Waals surface area (Å²) in [6, 6.07) is 0. The molecule has 0 rings (SSSR count). The molecule has 0 heterocycles. The lowest BCUT2D eigenvalue weighted by atomic mass is 9.95. The molecule has 0 aromatic heterocycles. The maximum absolute atomic E-state index is 11.7. The first kappa shape index (κ1) is 26.1. The third kappa shape index (κ3) is 18.3. The third-order valence-corrected chi connectivity index (χ3v) is 5.19. The highest BCUT2D eigenvalue weighted by atomic mass is 16.5. The minimum Gasteiger partial charge on any atom is -0.759 e. The number of carbonyl (C=O) groups excluding carboxylic acids is 1. The van der Waals surface area contributed by atoms with Gasteiger partial charge in [0.2, 0.25) is 5.91 Å². The summed E-state index contributed by atoms with van der Waals surface area (Å²) in [5, 5.41) is 10.7. The fraction of sp³-hybridized carbons (Fsp3) is 0.870. The second-order valence-electron chi connectivity index (χ2n) is 8.13. The highest BCUT2D eigenvalue weighted by Crippen LogP contribution is 2.17. The normalized spacial score (nSPS) is 12.8. The Morgan fingerprint density at radius 1 is 0.852 bits per heavy atom. The first-order chi connectivity index (χ1) is 13.1. The largest absolute Gasteiger partial charge is 0.759 e. The summed E-state index contributed by atoms with van der Waals surface area (Å²) in [4.78, 5) is 13.8.